The van der Waals surface area contributed by atoms with Gasteiger partial charge in [0.25, 0.3) is 0 Å². The second kappa shape index (κ2) is 22.1. The average molecular weight is 847 g/mol. The van der Waals surface area contributed by atoms with E-state index >= 15 is 0 Å². The summed E-state index contributed by atoms with van der Waals surface area (Å²) in [5, 5.41) is 0. The van der Waals surface area contributed by atoms with E-state index in [0.717, 1.165) is 29.1 Å². The molecule has 2 rings (SSSR count). The lowest BCUT2D eigenvalue weighted by Crippen LogP contribution is -2.44. The molecule has 18 heteroatoms. The molecule has 0 radical (unpaired) electrons. The maximum atomic E-state index is 13.8. The first kappa shape index (κ1) is 51.3. The van der Waals surface area contributed by atoms with Crippen LogP contribution in [0.15, 0.2) is 24.8 Å². The van der Waals surface area contributed by atoms with E-state index in [4.69, 9.17) is 24.7 Å². The molecule has 18 nitrogen and oxygen atoms in total. The molecule has 1 atom stereocenters. The minimum Gasteiger partial charge on any atom is -0.459 e. The molecular formula is C42H70N8O10. The van der Waals surface area contributed by atoms with Crippen LogP contribution in [0.2, 0.25) is 0 Å². The largest absolute Gasteiger partial charge is 0.459 e. The second-order valence-corrected chi connectivity index (χ2v) is 19.0. The number of ether oxygens (including phenoxy) is 4. The number of nitrogens with zero attached hydrogens (tertiary/aromatic N) is 7. The Kier molecular flexibility index (Phi) is 18.9. The number of esters is 4. The third kappa shape index (κ3) is 21.4. The monoisotopic (exact) mass is 847 g/mol. The number of carbonyl (C=O) groups excluding carboxylic acids is 6. The molecule has 0 bridgehead atoms. The Morgan fingerprint density at radius 3 is 1.18 bits per heavy atom. The van der Waals surface area contributed by atoms with Crippen molar-refractivity contribution in [3.63, 3.8) is 0 Å². The molecule has 60 heavy (non-hydrogen) atoms. The Bertz CT molecular complexity index is 1560. The molecule has 0 aromatic carbocycles. The number of aromatic nitrogens is 4. The molecule has 0 aliphatic heterocycles. The summed E-state index contributed by atoms with van der Waals surface area (Å²) in [6, 6.07) is 0.0295. The fourth-order valence-electron chi connectivity index (χ4n) is 5.76. The predicted molar refractivity (Wildman–Crippen MR) is 223 cm³/mol. The van der Waals surface area contributed by atoms with Gasteiger partial charge in [0.05, 0.1) is 13.1 Å². The van der Waals surface area contributed by atoms with Gasteiger partial charge in [-0.15, -0.1) is 0 Å². The van der Waals surface area contributed by atoms with Gasteiger partial charge < -0.3 is 43.6 Å². The predicted octanol–water partition coefficient (Wildman–Crippen LogP) is 3.62. The Balaban J connectivity index is 2.36. The zero-order chi connectivity index (χ0) is 45.6. The maximum absolute atomic E-state index is 13.8. The summed E-state index contributed by atoms with van der Waals surface area (Å²) in [5.41, 5.74) is 2.81. The van der Waals surface area contributed by atoms with Crippen molar-refractivity contribution >= 4 is 35.7 Å². The third-order valence-electron chi connectivity index (χ3n) is 7.99. The fourth-order valence-corrected chi connectivity index (χ4v) is 5.76. The van der Waals surface area contributed by atoms with Gasteiger partial charge in [-0.3, -0.25) is 33.7 Å². The highest BCUT2D eigenvalue weighted by Crippen LogP contribution is 2.15. The number of hydrogen-bond donors (Lipinski definition) is 1. The molecule has 2 N–H and O–H groups in total. The van der Waals surface area contributed by atoms with Gasteiger partial charge in [-0.2, -0.15) is 0 Å². The number of rotatable bonds is 21. The number of hydrogen-bond acceptors (Lipinski definition) is 14. The summed E-state index contributed by atoms with van der Waals surface area (Å²) in [7, 11) is 0. The standard InChI is InChI=1S/C42H70N8O10/c1-30(43)16-14-15-19-46(22-31-44-17-20-47(31)24-33(51)49(26-35(53)57-39(2,3)4)27-36(54)58-40(5,6)7)23-32-45-18-21-48(32)25-34(52)50(28-37(55)59-41(8,9)10)29-38(56)60-42(11,12)13/h17-18,20-21,30H,14-16,19,22-29,43H2,1-13H3/t30-/m0/s1. The lowest BCUT2D eigenvalue weighted by Gasteiger charge is -2.27. The van der Waals surface area contributed by atoms with Crippen molar-refractivity contribution < 1.29 is 47.7 Å². The van der Waals surface area contributed by atoms with Crippen LogP contribution in [0.25, 0.3) is 0 Å². The molecule has 2 amide bonds. The summed E-state index contributed by atoms with van der Waals surface area (Å²) in [4.78, 5) is 92.3. The minimum atomic E-state index is -0.803. The molecule has 0 aliphatic carbocycles. The van der Waals surface area contributed by atoms with Gasteiger partial charge in [0, 0.05) is 30.8 Å². The first-order valence-corrected chi connectivity index (χ1v) is 20.4. The molecule has 0 unspecified atom stereocenters. The van der Waals surface area contributed by atoms with Crippen LogP contribution >= 0.6 is 0 Å². The van der Waals surface area contributed by atoms with Crippen molar-refractivity contribution in [2.45, 2.75) is 164 Å². The van der Waals surface area contributed by atoms with Gasteiger partial charge in [-0.1, -0.05) is 6.42 Å². The molecule has 2 aromatic rings. The summed E-state index contributed by atoms with van der Waals surface area (Å²) in [6.45, 7) is 21.3. The maximum Gasteiger partial charge on any atom is 0.326 e. The van der Waals surface area contributed by atoms with Gasteiger partial charge in [0.15, 0.2) is 0 Å². The van der Waals surface area contributed by atoms with Crippen LogP contribution in [0.1, 0.15) is 121 Å². The number of amides is 2. The van der Waals surface area contributed by atoms with E-state index in [2.05, 4.69) is 14.9 Å². The van der Waals surface area contributed by atoms with Crippen LogP contribution in [0, 0.1) is 0 Å². The Labute approximate surface area is 355 Å². The van der Waals surface area contributed by atoms with E-state index in [9.17, 15) is 28.8 Å². The van der Waals surface area contributed by atoms with Crippen molar-refractivity contribution in [1.29, 1.82) is 0 Å². The minimum absolute atomic E-state index is 0.0295. The van der Waals surface area contributed by atoms with E-state index in [1.165, 1.54) is 0 Å². The number of nitrogens with two attached hydrogens (primary N) is 1. The quantitative estimate of drug-likeness (QED) is 0.108. The molecule has 0 saturated carbocycles. The van der Waals surface area contributed by atoms with Gasteiger partial charge >= 0.3 is 23.9 Å². The normalized spacial score (nSPS) is 12.8. The van der Waals surface area contributed by atoms with Crippen molar-refractivity contribution in [2.75, 3.05) is 32.7 Å². The Hall–Kier alpha value is -4.84. The average Bonchev–Trinajstić information content (AvgIpc) is 3.67. The molecule has 2 heterocycles. The van der Waals surface area contributed by atoms with E-state index in [1.54, 1.807) is 117 Å². The van der Waals surface area contributed by atoms with E-state index in [1.807, 2.05) is 6.92 Å². The molecule has 0 saturated heterocycles. The summed E-state index contributed by atoms with van der Waals surface area (Å²) < 4.78 is 25.1. The number of unbranched alkanes of at least 4 members (excludes halogenated alkanes) is 1. The molecule has 0 aliphatic rings. The molecule has 2 aromatic heterocycles. The highest BCUT2D eigenvalue weighted by atomic mass is 16.6. The van der Waals surface area contributed by atoms with Crippen LogP contribution in [0.5, 0.6) is 0 Å². The Morgan fingerprint density at radius 1 is 0.583 bits per heavy atom. The van der Waals surface area contributed by atoms with Crippen LogP contribution in [-0.2, 0) is 73.9 Å². The smallest absolute Gasteiger partial charge is 0.326 e. The molecule has 338 valence electrons. The first-order valence-electron chi connectivity index (χ1n) is 20.4. The first-order chi connectivity index (χ1) is 27.5. The van der Waals surface area contributed by atoms with Gasteiger partial charge in [-0.05, 0) is 109 Å². The summed E-state index contributed by atoms with van der Waals surface area (Å²) in [5.74, 6) is -2.67. The van der Waals surface area contributed by atoms with Gasteiger partial charge in [0.2, 0.25) is 11.8 Å². The van der Waals surface area contributed by atoms with Crippen LogP contribution in [-0.4, -0.2) is 131 Å². The van der Waals surface area contributed by atoms with Gasteiger partial charge in [0.1, 0.15) is 73.3 Å². The topological polar surface area (TPSA) is 211 Å². The fraction of sp³-hybridized carbons (Fsp3) is 0.714. The molecular weight excluding hydrogens is 777 g/mol. The van der Waals surface area contributed by atoms with Crippen LogP contribution in [0.3, 0.4) is 0 Å². The van der Waals surface area contributed by atoms with E-state index < -0.39 is 84.3 Å². The lowest BCUT2D eigenvalue weighted by molar-refractivity contribution is -0.165. The highest BCUT2D eigenvalue weighted by Gasteiger charge is 2.29. The van der Waals surface area contributed by atoms with Crippen molar-refractivity contribution in [3.05, 3.63) is 36.4 Å². The van der Waals surface area contributed by atoms with Crippen molar-refractivity contribution in [3.8, 4) is 0 Å². The number of carbonyl (C=O) groups is 6. The zero-order valence-corrected chi connectivity index (χ0v) is 38.2. The SMILES string of the molecule is C[C@H](N)CCCCN(Cc1nccn1CC(=O)N(CC(=O)OC(C)(C)C)CC(=O)OC(C)(C)C)Cc1nccn1CC(=O)N(CC(=O)OC(C)(C)C)CC(=O)OC(C)(C)C. The van der Waals surface area contributed by atoms with E-state index in [-0.39, 0.29) is 32.2 Å². The molecule has 0 fully saturated rings. The highest BCUT2D eigenvalue weighted by molar-refractivity contribution is 5.87. The lowest BCUT2D eigenvalue weighted by atomic mass is 10.1. The summed E-state index contributed by atoms with van der Waals surface area (Å²) >= 11 is 0. The van der Waals surface area contributed by atoms with Crippen molar-refractivity contribution in [1.82, 2.24) is 33.8 Å². The van der Waals surface area contributed by atoms with Crippen LogP contribution < -0.4 is 5.73 Å². The number of imidazole rings is 2. The van der Waals surface area contributed by atoms with Crippen molar-refractivity contribution in [2.24, 2.45) is 5.73 Å². The zero-order valence-electron chi connectivity index (χ0n) is 38.2. The van der Waals surface area contributed by atoms with Gasteiger partial charge in [-0.25, -0.2) is 9.97 Å². The van der Waals surface area contributed by atoms with E-state index in [0.29, 0.717) is 18.2 Å². The Morgan fingerprint density at radius 2 is 0.900 bits per heavy atom. The molecule has 0 spiro atoms. The second-order valence-electron chi connectivity index (χ2n) is 19.0. The third-order valence-corrected chi connectivity index (χ3v) is 7.99. The van der Waals surface area contributed by atoms with Crippen LogP contribution in [0.4, 0.5) is 0 Å². The summed E-state index contributed by atoms with van der Waals surface area (Å²) in [6.07, 6.45) is 8.85.